The zero-order valence-electron chi connectivity index (χ0n) is 3.80. The molecule has 7 heavy (non-hydrogen) atoms. The topological polar surface area (TPSA) is 47.6 Å². The van der Waals surface area contributed by atoms with Crippen LogP contribution in [0.15, 0.2) is 0 Å². The highest BCUT2D eigenvalue weighted by molar-refractivity contribution is 5.79. The van der Waals surface area contributed by atoms with Gasteiger partial charge in [0.05, 0.1) is 0 Å². The fourth-order valence-electron chi connectivity index (χ4n) is 0.264. The molecule has 1 rings (SSSR count). The maximum absolute atomic E-state index is 10.2. The zero-order chi connectivity index (χ0) is 5.28. The monoisotopic (exact) mass is 103 g/mol. The molecular weight excluding hydrogens is 98.0 g/mol. The number of amides is 1. The van der Waals surface area contributed by atoms with Gasteiger partial charge in [0.15, 0.2) is 6.10 Å². The van der Waals surface area contributed by atoms with Crippen molar-refractivity contribution in [2.24, 2.45) is 0 Å². The molecule has 1 heterocycles. The van der Waals surface area contributed by atoms with E-state index in [4.69, 9.17) is 0 Å². The predicted molar refractivity (Wildman–Crippen MR) is 19.8 cm³/mol. The van der Waals surface area contributed by atoms with Crippen LogP contribution in [0.3, 0.4) is 0 Å². The third-order valence-corrected chi connectivity index (χ3v) is 0.704. The number of hydrogen-bond donors (Lipinski definition) is 1. The largest absolute Gasteiger partial charge is 0.278 e. The van der Waals surface area contributed by atoms with E-state index in [0.29, 0.717) is 0 Å². The molecule has 1 amide bonds. The lowest BCUT2D eigenvalue weighted by Crippen LogP contribution is -2.19. The first-order chi connectivity index (χ1) is 3.30. The molecule has 1 atom stereocenters. The van der Waals surface area contributed by atoms with E-state index < -0.39 is 6.10 Å². The van der Waals surface area contributed by atoms with E-state index in [-0.39, 0.29) is 5.91 Å². The Balaban J connectivity index is 2.48. The van der Waals surface area contributed by atoms with E-state index >= 15 is 0 Å². The van der Waals surface area contributed by atoms with Gasteiger partial charge < -0.3 is 0 Å². The Morgan fingerprint density at radius 3 is 2.71 bits per heavy atom. The van der Waals surface area contributed by atoms with E-state index in [1.54, 1.807) is 6.92 Å². The first-order valence-corrected chi connectivity index (χ1v) is 1.93. The van der Waals surface area contributed by atoms with Crippen molar-refractivity contribution in [3.63, 3.8) is 0 Å². The van der Waals surface area contributed by atoms with Crippen LogP contribution in [0.4, 0.5) is 0 Å². The molecule has 0 saturated carbocycles. The highest BCUT2D eigenvalue weighted by atomic mass is 17.3. The molecule has 0 aromatic rings. The second-order valence-electron chi connectivity index (χ2n) is 1.29. The van der Waals surface area contributed by atoms with Crippen molar-refractivity contribution in [3.8, 4) is 0 Å². The van der Waals surface area contributed by atoms with Gasteiger partial charge in [-0.2, -0.15) is 4.89 Å². The number of hydrogen-bond acceptors (Lipinski definition) is 3. The van der Waals surface area contributed by atoms with E-state index in [2.05, 4.69) is 9.88 Å². The van der Waals surface area contributed by atoms with E-state index in [1.807, 2.05) is 5.48 Å². The van der Waals surface area contributed by atoms with Gasteiger partial charge >= 0.3 is 0 Å². The lowest BCUT2D eigenvalue weighted by Gasteiger charge is -1.85. The number of carbonyl (C=O) groups is 1. The quantitative estimate of drug-likeness (QED) is 0.415. The van der Waals surface area contributed by atoms with Crippen molar-refractivity contribution in [2.75, 3.05) is 0 Å². The molecule has 0 aromatic heterocycles. The van der Waals surface area contributed by atoms with Gasteiger partial charge in [-0.1, -0.05) is 0 Å². The van der Waals surface area contributed by atoms with Crippen LogP contribution in [0.25, 0.3) is 0 Å². The predicted octanol–water partition coefficient (Wildman–Crippen LogP) is -0.632. The minimum Gasteiger partial charge on any atom is -0.270 e. The Labute approximate surface area is 40.3 Å². The van der Waals surface area contributed by atoms with Gasteiger partial charge in [-0.15, -0.1) is 4.99 Å². The average Bonchev–Trinajstić information content (AvgIpc) is 1.91. The van der Waals surface area contributed by atoms with Crippen LogP contribution in [0.5, 0.6) is 0 Å². The van der Waals surface area contributed by atoms with Crippen LogP contribution >= 0.6 is 0 Å². The highest BCUT2D eigenvalue weighted by Gasteiger charge is 2.21. The maximum atomic E-state index is 10.2. The lowest BCUT2D eigenvalue weighted by atomic mass is 10.4. The van der Waals surface area contributed by atoms with Gasteiger partial charge in [-0.3, -0.25) is 4.79 Å². The van der Waals surface area contributed by atoms with Gasteiger partial charge in [0.2, 0.25) is 0 Å². The van der Waals surface area contributed by atoms with Gasteiger partial charge in [-0.25, -0.2) is 5.48 Å². The summed E-state index contributed by atoms with van der Waals surface area (Å²) in [7, 11) is 0. The first-order valence-electron chi connectivity index (χ1n) is 1.93. The molecule has 0 aliphatic carbocycles. The second-order valence-corrected chi connectivity index (χ2v) is 1.29. The molecule has 1 unspecified atom stereocenters. The third kappa shape index (κ3) is 0.703. The summed E-state index contributed by atoms with van der Waals surface area (Å²) in [5.41, 5.74) is 2.01. The summed E-state index contributed by atoms with van der Waals surface area (Å²) in [6, 6.07) is 0. The Bertz CT molecular complexity index is 92.2. The number of carbonyl (C=O) groups excluding carboxylic acids is 1. The molecule has 1 N–H and O–H groups in total. The molecule has 1 saturated heterocycles. The molecule has 40 valence electrons. The Hall–Kier alpha value is -0.610. The zero-order valence-corrected chi connectivity index (χ0v) is 3.80. The second kappa shape index (κ2) is 1.48. The first kappa shape index (κ1) is 4.55. The molecule has 0 radical (unpaired) electrons. The summed E-state index contributed by atoms with van der Waals surface area (Å²) in [6.45, 7) is 1.60. The number of hydroxylamine groups is 1. The fraction of sp³-hybridized carbons (Fsp3) is 0.667. The summed E-state index contributed by atoms with van der Waals surface area (Å²) in [4.78, 5) is 18.6. The van der Waals surface area contributed by atoms with Crippen molar-refractivity contribution >= 4 is 5.91 Å². The van der Waals surface area contributed by atoms with Crippen molar-refractivity contribution in [1.82, 2.24) is 5.48 Å². The third-order valence-electron chi connectivity index (χ3n) is 0.704. The van der Waals surface area contributed by atoms with Crippen molar-refractivity contribution in [1.29, 1.82) is 0 Å². The number of nitrogens with one attached hydrogen (secondary N) is 1. The molecule has 0 bridgehead atoms. The molecule has 1 fully saturated rings. The van der Waals surface area contributed by atoms with Crippen LogP contribution in [0.1, 0.15) is 6.92 Å². The van der Waals surface area contributed by atoms with Crippen LogP contribution < -0.4 is 5.48 Å². The fourth-order valence-corrected chi connectivity index (χ4v) is 0.264. The SMILES string of the molecule is CC1OONC1=O. The van der Waals surface area contributed by atoms with Crippen LogP contribution in [-0.4, -0.2) is 12.0 Å². The standard InChI is InChI=1S/C3H5NO3/c1-2-3(5)4-7-6-2/h2H,1H3,(H,4,5). The van der Waals surface area contributed by atoms with E-state index in [9.17, 15) is 4.79 Å². The van der Waals surface area contributed by atoms with Crippen LogP contribution in [0.2, 0.25) is 0 Å². The Kier molecular flexibility index (Phi) is 0.958. The van der Waals surface area contributed by atoms with Crippen molar-refractivity contribution in [2.45, 2.75) is 13.0 Å². The summed E-state index contributed by atoms with van der Waals surface area (Å²) in [5.74, 6) is -0.236. The van der Waals surface area contributed by atoms with Gasteiger partial charge in [0.25, 0.3) is 5.91 Å². The summed E-state index contributed by atoms with van der Waals surface area (Å²) in [6.07, 6.45) is -0.458. The lowest BCUT2D eigenvalue weighted by molar-refractivity contribution is -0.303. The molecular formula is C3H5NO3. The Morgan fingerprint density at radius 1 is 1.86 bits per heavy atom. The molecule has 1 aliphatic heterocycles. The number of rotatable bonds is 0. The highest BCUT2D eigenvalue weighted by Crippen LogP contribution is 1.96. The molecule has 4 heteroatoms. The van der Waals surface area contributed by atoms with Gasteiger partial charge in [0.1, 0.15) is 0 Å². The van der Waals surface area contributed by atoms with Crippen LogP contribution in [-0.2, 0) is 14.7 Å². The molecule has 0 aromatic carbocycles. The molecule has 1 aliphatic rings. The summed E-state index contributed by atoms with van der Waals surface area (Å²) >= 11 is 0. The van der Waals surface area contributed by atoms with E-state index in [1.165, 1.54) is 0 Å². The maximum Gasteiger partial charge on any atom is 0.278 e. The average molecular weight is 103 g/mol. The molecule has 4 nitrogen and oxygen atoms in total. The normalized spacial score (nSPS) is 30.4. The summed E-state index contributed by atoms with van der Waals surface area (Å²) < 4.78 is 0. The minimum absolute atomic E-state index is 0.236. The summed E-state index contributed by atoms with van der Waals surface area (Å²) in [5, 5.41) is 0. The smallest absolute Gasteiger partial charge is 0.270 e. The van der Waals surface area contributed by atoms with Gasteiger partial charge in [-0.05, 0) is 6.92 Å². The van der Waals surface area contributed by atoms with Gasteiger partial charge in [0, 0.05) is 0 Å². The molecule has 0 spiro atoms. The van der Waals surface area contributed by atoms with Crippen molar-refractivity contribution < 1.29 is 14.7 Å². The van der Waals surface area contributed by atoms with Crippen molar-refractivity contribution in [3.05, 3.63) is 0 Å². The Morgan fingerprint density at radius 2 is 2.57 bits per heavy atom. The van der Waals surface area contributed by atoms with Crippen LogP contribution in [0, 0.1) is 0 Å². The minimum atomic E-state index is -0.458. The van der Waals surface area contributed by atoms with E-state index in [0.717, 1.165) is 0 Å².